The zero-order chi connectivity index (χ0) is 16.2. The summed E-state index contributed by atoms with van der Waals surface area (Å²) in [6.45, 7) is 9.18. The molecular weight excluding hydrogens is 286 g/mol. The Morgan fingerprint density at radius 3 is 2.96 bits per heavy atom. The lowest BCUT2D eigenvalue weighted by molar-refractivity contribution is 0.256. The molecule has 1 aliphatic heterocycles. The number of guanidine groups is 1. The molecule has 0 aromatic carbocycles. The summed E-state index contributed by atoms with van der Waals surface area (Å²) >= 11 is 0. The molecule has 126 valence electrons. The van der Waals surface area contributed by atoms with Crippen molar-refractivity contribution in [1.29, 1.82) is 0 Å². The van der Waals surface area contributed by atoms with E-state index in [1.165, 1.54) is 24.8 Å². The van der Waals surface area contributed by atoms with Crippen LogP contribution in [0.5, 0.6) is 0 Å². The molecular formula is C18H29N5. The molecule has 1 saturated carbocycles. The van der Waals surface area contributed by atoms with Crippen LogP contribution in [0.2, 0.25) is 0 Å². The van der Waals surface area contributed by atoms with Crippen molar-refractivity contribution in [2.75, 3.05) is 13.1 Å². The van der Waals surface area contributed by atoms with Crippen LogP contribution in [0.15, 0.2) is 23.3 Å². The Hall–Kier alpha value is -1.62. The fraction of sp³-hybridized carbons (Fsp3) is 0.667. The van der Waals surface area contributed by atoms with Crippen molar-refractivity contribution in [3.63, 3.8) is 0 Å². The minimum atomic E-state index is 0.494. The Morgan fingerprint density at radius 2 is 2.26 bits per heavy atom. The number of hydrogen-bond acceptors (Lipinski definition) is 3. The van der Waals surface area contributed by atoms with Crippen LogP contribution in [-0.4, -0.2) is 47.1 Å². The Morgan fingerprint density at radius 1 is 1.43 bits per heavy atom. The monoisotopic (exact) mass is 315 g/mol. The number of aliphatic imine (C=N–C) groups is 1. The maximum absolute atomic E-state index is 4.73. The molecule has 1 aliphatic carbocycles. The number of aromatic nitrogens is 1. The van der Waals surface area contributed by atoms with Crippen LogP contribution in [-0.2, 0) is 6.54 Å². The Labute approximate surface area is 139 Å². The van der Waals surface area contributed by atoms with Gasteiger partial charge in [-0.05, 0) is 51.7 Å². The topological polar surface area (TPSA) is 52.6 Å². The number of nitrogens with zero attached hydrogens (tertiary/aromatic N) is 3. The smallest absolute Gasteiger partial charge is 0.191 e. The summed E-state index contributed by atoms with van der Waals surface area (Å²) < 4.78 is 0. The lowest BCUT2D eigenvalue weighted by Gasteiger charge is -2.20. The first-order chi connectivity index (χ1) is 11.2. The zero-order valence-corrected chi connectivity index (χ0v) is 14.5. The van der Waals surface area contributed by atoms with Gasteiger partial charge in [0, 0.05) is 37.4 Å². The summed E-state index contributed by atoms with van der Waals surface area (Å²) in [5.74, 6) is 0.910. The molecule has 0 spiro atoms. The van der Waals surface area contributed by atoms with Crippen LogP contribution >= 0.6 is 0 Å². The predicted molar refractivity (Wildman–Crippen MR) is 94.5 cm³/mol. The third-order valence-corrected chi connectivity index (χ3v) is 4.83. The normalized spacial score (nSPS) is 25.6. The quantitative estimate of drug-likeness (QED) is 0.645. The van der Waals surface area contributed by atoms with Gasteiger partial charge in [0.15, 0.2) is 5.96 Å². The van der Waals surface area contributed by atoms with E-state index in [0.29, 0.717) is 18.6 Å². The first kappa shape index (κ1) is 16.2. The van der Waals surface area contributed by atoms with Crippen LogP contribution in [0.4, 0.5) is 0 Å². The van der Waals surface area contributed by atoms with Crippen molar-refractivity contribution in [2.45, 2.75) is 64.7 Å². The van der Waals surface area contributed by atoms with Crippen LogP contribution in [0.1, 0.15) is 44.4 Å². The van der Waals surface area contributed by atoms with Gasteiger partial charge in [0.2, 0.25) is 0 Å². The molecule has 2 N–H and O–H groups in total. The molecule has 1 aromatic heterocycles. The number of likely N-dealkylation sites (tertiary alicyclic amines) is 1. The van der Waals surface area contributed by atoms with Gasteiger partial charge in [-0.1, -0.05) is 6.07 Å². The average Bonchev–Trinajstić information content (AvgIpc) is 3.30. The van der Waals surface area contributed by atoms with Crippen LogP contribution in [0.3, 0.4) is 0 Å². The van der Waals surface area contributed by atoms with Gasteiger partial charge in [-0.2, -0.15) is 0 Å². The highest BCUT2D eigenvalue weighted by Gasteiger charge is 2.38. The number of aryl methyl sites for hydroxylation is 1. The molecule has 1 saturated heterocycles. The van der Waals surface area contributed by atoms with E-state index >= 15 is 0 Å². The Kier molecular flexibility index (Phi) is 5.16. The summed E-state index contributed by atoms with van der Waals surface area (Å²) in [4.78, 5) is 11.8. The van der Waals surface area contributed by atoms with Crippen LogP contribution in [0.25, 0.3) is 0 Å². The number of hydrogen-bond donors (Lipinski definition) is 2. The van der Waals surface area contributed by atoms with Crippen molar-refractivity contribution in [1.82, 2.24) is 20.5 Å². The van der Waals surface area contributed by atoms with Crippen molar-refractivity contribution in [2.24, 2.45) is 4.99 Å². The summed E-state index contributed by atoms with van der Waals surface area (Å²) in [6.07, 6.45) is 5.79. The summed E-state index contributed by atoms with van der Waals surface area (Å²) in [5, 5.41) is 6.99. The lowest BCUT2D eigenvalue weighted by atomic mass is 10.2. The highest BCUT2D eigenvalue weighted by molar-refractivity contribution is 5.80. The fourth-order valence-corrected chi connectivity index (χ4v) is 3.43. The van der Waals surface area contributed by atoms with E-state index in [1.807, 2.05) is 12.3 Å². The van der Waals surface area contributed by atoms with E-state index in [9.17, 15) is 0 Å². The maximum Gasteiger partial charge on any atom is 0.191 e. The third-order valence-electron chi connectivity index (χ3n) is 4.83. The van der Waals surface area contributed by atoms with Crippen molar-refractivity contribution in [3.05, 3.63) is 29.6 Å². The van der Waals surface area contributed by atoms with E-state index < -0.39 is 0 Å². The third kappa shape index (κ3) is 4.22. The molecule has 0 amide bonds. The minimum Gasteiger partial charge on any atom is -0.357 e. The molecule has 3 rings (SSSR count). The molecule has 0 radical (unpaired) electrons. The standard InChI is InChI=1S/C18H29N5/c1-4-19-18(21-11-17-13(2)6-5-9-20-17)22-15-10-14(3)23(12-15)16-7-8-16/h5-6,9,14-16H,4,7-8,10-12H2,1-3H3,(H2,19,21,22). The fourth-order valence-electron chi connectivity index (χ4n) is 3.43. The largest absolute Gasteiger partial charge is 0.357 e. The van der Waals surface area contributed by atoms with Gasteiger partial charge in [0.05, 0.1) is 12.2 Å². The van der Waals surface area contributed by atoms with Gasteiger partial charge >= 0.3 is 0 Å². The Balaban J connectivity index is 1.60. The molecule has 2 aliphatic rings. The molecule has 5 nitrogen and oxygen atoms in total. The SMILES string of the molecule is CCNC(=NCc1ncccc1C)NC1CC(C)N(C2CC2)C1. The zero-order valence-electron chi connectivity index (χ0n) is 14.5. The van der Waals surface area contributed by atoms with E-state index in [2.05, 4.69) is 47.4 Å². The average molecular weight is 315 g/mol. The summed E-state index contributed by atoms with van der Waals surface area (Å²) in [5.41, 5.74) is 2.24. The molecule has 2 heterocycles. The van der Waals surface area contributed by atoms with Gasteiger partial charge < -0.3 is 10.6 Å². The highest BCUT2D eigenvalue weighted by atomic mass is 15.3. The maximum atomic E-state index is 4.73. The molecule has 5 heteroatoms. The summed E-state index contributed by atoms with van der Waals surface area (Å²) in [7, 11) is 0. The Bertz CT molecular complexity index is 552. The molecule has 2 atom stereocenters. The van der Waals surface area contributed by atoms with Gasteiger partial charge in [-0.15, -0.1) is 0 Å². The van der Waals surface area contributed by atoms with Gasteiger partial charge in [-0.25, -0.2) is 4.99 Å². The molecule has 2 fully saturated rings. The van der Waals surface area contributed by atoms with Crippen LogP contribution < -0.4 is 10.6 Å². The van der Waals surface area contributed by atoms with Gasteiger partial charge in [-0.3, -0.25) is 9.88 Å². The molecule has 2 unspecified atom stereocenters. The van der Waals surface area contributed by atoms with Gasteiger partial charge in [0.1, 0.15) is 0 Å². The second-order valence-corrected chi connectivity index (χ2v) is 6.82. The van der Waals surface area contributed by atoms with Crippen molar-refractivity contribution in [3.8, 4) is 0 Å². The second-order valence-electron chi connectivity index (χ2n) is 6.82. The first-order valence-corrected chi connectivity index (χ1v) is 8.88. The predicted octanol–water partition coefficient (Wildman–Crippen LogP) is 2.07. The minimum absolute atomic E-state index is 0.494. The van der Waals surface area contributed by atoms with Gasteiger partial charge in [0.25, 0.3) is 0 Å². The molecule has 0 bridgehead atoms. The summed E-state index contributed by atoms with van der Waals surface area (Å²) in [6, 6.07) is 6.07. The number of rotatable bonds is 5. The lowest BCUT2D eigenvalue weighted by Crippen LogP contribution is -2.44. The van der Waals surface area contributed by atoms with E-state index in [-0.39, 0.29) is 0 Å². The molecule has 23 heavy (non-hydrogen) atoms. The van der Waals surface area contributed by atoms with Crippen molar-refractivity contribution >= 4 is 5.96 Å². The van der Waals surface area contributed by atoms with E-state index in [4.69, 9.17) is 4.99 Å². The number of nitrogens with one attached hydrogen (secondary N) is 2. The van der Waals surface area contributed by atoms with Crippen molar-refractivity contribution < 1.29 is 0 Å². The van der Waals surface area contributed by atoms with Crippen LogP contribution in [0, 0.1) is 6.92 Å². The molecule has 1 aromatic rings. The van der Waals surface area contributed by atoms with E-state index in [1.54, 1.807) is 0 Å². The number of pyridine rings is 1. The van der Waals surface area contributed by atoms with E-state index in [0.717, 1.165) is 30.8 Å². The highest BCUT2D eigenvalue weighted by Crippen LogP contribution is 2.33. The second kappa shape index (κ2) is 7.30. The first-order valence-electron chi connectivity index (χ1n) is 8.88.